The van der Waals surface area contributed by atoms with Crippen LogP contribution in [0.5, 0.6) is 0 Å². The lowest BCUT2D eigenvalue weighted by Gasteiger charge is -2.40. The average molecular weight is 545 g/mol. The highest BCUT2D eigenvalue weighted by Crippen LogP contribution is 2.31. The quantitative estimate of drug-likeness (QED) is 0.242. The summed E-state index contributed by atoms with van der Waals surface area (Å²) in [6, 6.07) is 28.6. The first-order valence-corrected chi connectivity index (χ1v) is 14.9. The maximum Gasteiger partial charge on any atom is 0.255 e. The molecule has 0 radical (unpaired) electrons. The van der Waals surface area contributed by atoms with Crippen molar-refractivity contribution in [2.45, 2.75) is 44.7 Å². The highest BCUT2D eigenvalue weighted by molar-refractivity contribution is 6.08. The van der Waals surface area contributed by atoms with Crippen molar-refractivity contribution in [2.75, 3.05) is 31.5 Å². The fourth-order valence-corrected chi connectivity index (χ4v) is 6.48. The molecule has 2 fully saturated rings. The molecule has 1 saturated carbocycles. The Labute approximate surface area is 241 Å². The Morgan fingerprint density at radius 1 is 0.829 bits per heavy atom. The highest BCUT2D eigenvalue weighted by Gasteiger charge is 2.25. The van der Waals surface area contributed by atoms with Gasteiger partial charge in [0.1, 0.15) is 5.52 Å². The molecule has 4 aromatic carbocycles. The zero-order valence-corrected chi connectivity index (χ0v) is 23.4. The fourth-order valence-electron chi connectivity index (χ4n) is 6.48. The molecule has 6 heteroatoms. The Bertz CT molecular complexity index is 1680. The van der Waals surface area contributed by atoms with Crippen molar-refractivity contribution in [3.05, 3.63) is 96.1 Å². The number of rotatable bonds is 6. The number of anilines is 1. The van der Waals surface area contributed by atoms with Gasteiger partial charge in [-0.2, -0.15) is 0 Å². The van der Waals surface area contributed by atoms with Gasteiger partial charge in [-0.1, -0.05) is 67.8 Å². The molecule has 6 nitrogen and oxygen atoms in total. The minimum Gasteiger partial charge on any atom is -0.436 e. The van der Waals surface area contributed by atoms with Crippen molar-refractivity contribution in [3.63, 3.8) is 0 Å². The molecule has 41 heavy (non-hydrogen) atoms. The standard InChI is InChI=1S/C35H36N4O2/c40-34(28-16-15-26-8-4-5-9-27(26)23-28)36-31-13-7-6-12-30(31)35-37-32-22-25(14-17-33(32)41-35)24-38-18-20-39(21-19-38)29-10-2-1-3-11-29/h4-9,12-17,22-23,29H,1-3,10-11,18-21,24H2,(H,36,40). The molecule has 5 aromatic rings. The number of piperazine rings is 1. The van der Waals surface area contributed by atoms with E-state index in [1.54, 1.807) is 0 Å². The largest absolute Gasteiger partial charge is 0.436 e. The number of benzene rings is 4. The van der Waals surface area contributed by atoms with E-state index in [0.717, 1.165) is 53.1 Å². The van der Waals surface area contributed by atoms with Crippen LogP contribution in [-0.4, -0.2) is 52.9 Å². The summed E-state index contributed by atoms with van der Waals surface area (Å²) < 4.78 is 6.18. The molecule has 1 N–H and O–H groups in total. The van der Waals surface area contributed by atoms with E-state index < -0.39 is 0 Å². The molecule has 0 spiro atoms. The molecular formula is C35H36N4O2. The predicted octanol–water partition coefficient (Wildman–Crippen LogP) is 7.35. The Morgan fingerprint density at radius 3 is 2.46 bits per heavy atom. The first-order valence-electron chi connectivity index (χ1n) is 14.9. The van der Waals surface area contributed by atoms with Gasteiger partial charge in [-0.15, -0.1) is 0 Å². The van der Waals surface area contributed by atoms with Gasteiger partial charge < -0.3 is 9.73 Å². The Balaban J connectivity index is 1.05. The van der Waals surface area contributed by atoms with Crippen LogP contribution >= 0.6 is 0 Å². The van der Waals surface area contributed by atoms with Crippen LogP contribution in [0, 0.1) is 0 Å². The molecule has 0 unspecified atom stereocenters. The van der Waals surface area contributed by atoms with Crippen molar-refractivity contribution < 1.29 is 9.21 Å². The number of carbonyl (C=O) groups excluding carboxylic acids is 1. The molecule has 1 aliphatic carbocycles. The number of fused-ring (bicyclic) bond motifs is 2. The van der Waals surface area contributed by atoms with Crippen LogP contribution in [0.25, 0.3) is 33.3 Å². The first kappa shape index (κ1) is 25.9. The van der Waals surface area contributed by atoms with Crippen LogP contribution < -0.4 is 5.32 Å². The topological polar surface area (TPSA) is 61.6 Å². The zero-order valence-electron chi connectivity index (χ0n) is 23.4. The first-order chi connectivity index (χ1) is 20.2. The third-order valence-corrected chi connectivity index (χ3v) is 8.77. The second-order valence-electron chi connectivity index (χ2n) is 11.5. The number of nitrogens with one attached hydrogen (secondary N) is 1. The minimum absolute atomic E-state index is 0.162. The van der Waals surface area contributed by atoms with Crippen molar-refractivity contribution in [2.24, 2.45) is 0 Å². The molecule has 1 aromatic heterocycles. The van der Waals surface area contributed by atoms with E-state index in [0.29, 0.717) is 17.1 Å². The summed E-state index contributed by atoms with van der Waals surface area (Å²) in [7, 11) is 0. The Morgan fingerprint density at radius 2 is 1.61 bits per heavy atom. The monoisotopic (exact) mass is 544 g/mol. The lowest BCUT2D eigenvalue weighted by molar-refractivity contribution is 0.0755. The predicted molar refractivity (Wildman–Crippen MR) is 165 cm³/mol. The van der Waals surface area contributed by atoms with Crippen LogP contribution in [0.2, 0.25) is 0 Å². The van der Waals surface area contributed by atoms with Crippen LogP contribution in [-0.2, 0) is 6.54 Å². The van der Waals surface area contributed by atoms with E-state index in [-0.39, 0.29) is 5.91 Å². The van der Waals surface area contributed by atoms with Crippen molar-refractivity contribution in [1.29, 1.82) is 0 Å². The summed E-state index contributed by atoms with van der Waals surface area (Å²) in [6.07, 6.45) is 6.95. The number of amides is 1. The second-order valence-corrected chi connectivity index (χ2v) is 11.5. The van der Waals surface area contributed by atoms with Gasteiger partial charge in [0.15, 0.2) is 5.58 Å². The van der Waals surface area contributed by atoms with Gasteiger partial charge >= 0.3 is 0 Å². The smallest absolute Gasteiger partial charge is 0.255 e. The maximum atomic E-state index is 13.2. The minimum atomic E-state index is -0.162. The molecule has 2 heterocycles. The molecule has 0 bridgehead atoms. The third kappa shape index (κ3) is 5.63. The normalized spacial score (nSPS) is 17.3. The zero-order chi connectivity index (χ0) is 27.6. The number of carbonyl (C=O) groups is 1. The number of aromatic nitrogens is 1. The van der Waals surface area contributed by atoms with Crippen LogP contribution in [0.1, 0.15) is 48.0 Å². The second kappa shape index (κ2) is 11.5. The van der Waals surface area contributed by atoms with E-state index in [9.17, 15) is 4.79 Å². The summed E-state index contributed by atoms with van der Waals surface area (Å²) >= 11 is 0. The highest BCUT2D eigenvalue weighted by atomic mass is 16.3. The SMILES string of the molecule is O=C(Nc1ccccc1-c1nc2cc(CN3CCN(C4CCCCC4)CC3)ccc2o1)c1ccc2ccccc2c1. The van der Waals surface area contributed by atoms with E-state index in [2.05, 4.69) is 27.2 Å². The van der Waals surface area contributed by atoms with Crippen LogP contribution in [0.15, 0.2) is 89.3 Å². The third-order valence-electron chi connectivity index (χ3n) is 8.77. The summed E-state index contributed by atoms with van der Waals surface area (Å²) in [4.78, 5) is 23.3. The molecule has 1 saturated heterocycles. The van der Waals surface area contributed by atoms with Gasteiger partial charge in [0, 0.05) is 44.3 Å². The number of hydrogen-bond donors (Lipinski definition) is 1. The number of oxazole rings is 1. The van der Waals surface area contributed by atoms with Gasteiger partial charge in [0.05, 0.1) is 11.3 Å². The van der Waals surface area contributed by atoms with Gasteiger partial charge in [-0.05, 0) is 65.6 Å². The Kier molecular flexibility index (Phi) is 7.26. The van der Waals surface area contributed by atoms with Gasteiger partial charge in [0.25, 0.3) is 5.91 Å². The number of nitrogens with zero attached hydrogens (tertiary/aromatic N) is 3. The lowest BCUT2D eigenvalue weighted by Crippen LogP contribution is -2.50. The summed E-state index contributed by atoms with van der Waals surface area (Å²) in [5, 5.41) is 5.22. The van der Waals surface area contributed by atoms with E-state index in [1.165, 1.54) is 50.8 Å². The van der Waals surface area contributed by atoms with Crippen LogP contribution in [0.4, 0.5) is 5.69 Å². The summed E-state index contributed by atoms with van der Waals surface area (Å²) in [6.45, 7) is 5.49. The van der Waals surface area contributed by atoms with E-state index in [4.69, 9.17) is 9.40 Å². The van der Waals surface area contributed by atoms with Gasteiger partial charge in [0.2, 0.25) is 5.89 Å². The van der Waals surface area contributed by atoms with Crippen molar-refractivity contribution in [1.82, 2.24) is 14.8 Å². The lowest BCUT2D eigenvalue weighted by atomic mass is 9.94. The van der Waals surface area contributed by atoms with E-state index in [1.807, 2.05) is 72.8 Å². The average Bonchev–Trinajstić information content (AvgIpc) is 3.45. The summed E-state index contributed by atoms with van der Waals surface area (Å²) in [5.41, 5.74) is 4.89. The number of hydrogen-bond acceptors (Lipinski definition) is 5. The molecule has 208 valence electrons. The molecule has 1 aliphatic heterocycles. The van der Waals surface area contributed by atoms with Gasteiger partial charge in [-0.3, -0.25) is 14.6 Å². The van der Waals surface area contributed by atoms with Gasteiger partial charge in [-0.25, -0.2) is 4.98 Å². The molecule has 0 atom stereocenters. The van der Waals surface area contributed by atoms with E-state index >= 15 is 0 Å². The summed E-state index contributed by atoms with van der Waals surface area (Å²) in [5.74, 6) is 0.345. The number of para-hydroxylation sites is 1. The van der Waals surface area contributed by atoms with Crippen LogP contribution in [0.3, 0.4) is 0 Å². The molecule has 1 amide bonds. The fraction of sp³-hybridized carbons (Fsp3) is 0.314. The maximum absolute atomic E-state index is 13.2. The molecule has 7 rings (SSSR count). The molecular weight excluding hydrogens is 508 g/mol. The van der Waals surface area contributed by atoms with Crippen molar-refractivity contribution >= 4 is 33.5 Å². The Hall–Kier alpha value is -4.00. The van der Waals surface area contributed by atoms with Crippen molar-refractivity contribution in [3.8, 4) is 11.5 Å². The molecule has 2 aliphatic rings.